The minimum absolute atomic E-state index is 0.0635. The second kappa shape index (κ2) is 6.77. The van der Waals surface area contributed by atoms with Crippen molar-refractivity contribution >= 4 is 17.2 Å². The van der Waals surface area contributed by atoms with Gasteiger partial charge in [0, 0.05) is 37.6 Å². The van der Waals surface area contributed by atoms with Crippen LogP contribution in [0.1, 0.15) is 43.9 Å². The zero-order valence-corrected chi connectivity index (χ0v) is 15.4. The lowest BCUT2D eigenvalue weighted by Gasteiger charge is -2.44. The van der Waals surface area contributed by atoms with Crippen molar-refractivity contribution in [3.8, 4) is 0 Å². The predicted molar refractivity (Wildman–Crippen MR) is 96.0 cm³/mol. The van der Waals surface area contributed by atoms with E-state index < -0.39 is 0 Å². The summed E-state index contributed by atoms with van der Waals surface area (Å²) in [6, 6.07) is 4.35. The highest BCUT2D eigenvalue weighted by Crippen LogP contribution is 2.43. The van der Waals surface area contributed by atoms with E-state index in [1.165, 1.54) is 4.88 Å². The summed E-state index contributed by atoms with van der Waals surface area (Å²) in [6.45, 7) is 7.36. The minimum Gasteiger partial charge on any atom is -0.362 e. The molecule has 4 heterocycles. The van der Waals surface area contributed by atoms with Crippen molar-refractivity contribution < 1.29 is 9.53 Å². The van der Waals surface area contributed by atoms with Crippen LogP contribution >= 0.6 is 11.3 Å². The van der Waals surface area contributed by atoms with Crippen LogP contribution in [-0.4, -0.2) is 53.6 Å². The fraction of sp³-hybridized carbons (Fsp3) is 0.737. The molecule has 1 aromatic heterocycles. The minimum atomic E-state index is -0.186. The summed E-state index contributed by atoms with van der Waals surface area (Å²) in [6.07, 6.45) is 5.13. The molecular formula is C19H28N2O2S. The Hall–Kier alpha value is -0.910. The molecule has 3 fully saturated rings. The molecule has 3 aliphatic rings. The van der Waals surface area contributed by atoms with Crippen LogP contribution in [0.2, 0.25) is 0 Å². The molecule has 0 unspecified atom stereocenters. The molecule has 1 aromatic rings. The zero-order chi connectivity index (χ0) is 16.6. The van der Waals surface area contributed by atoms with Gasteiger partial charge in [-0.1, -0.05) is 13.0 Å². The normalized spacial score (nSPS) is 34.3. The number of rotatable bonds is 3. The van der Waals surface area contributed by atoms with E-state index in [4.69, 9.17) is 4.74 Å². The third-order valence-corrected chi connectivity index (χ3v) is 7.00. The molecule has 1 spiro atoms. The summed E-state index contributed by atoms with van der Waals surface area (Å²) in [4.78, 5) is 18.6. The van der Waals surface area contributed by atoms with Gasteiger partial charge in [0.1, 0.15) is 6.10 Å². The van der Waals surface area contributed by atoms with Crippen molar-refractivity contribution in [2.24, 2.45) is 5.92 Å². The van der Waals surface area contributed by atoms with Gasteiger partial charge in [0.15, 0.2) is 0 Å². The van der Waals surface area contributed by atoms with Gasteiger partial charge in [-0.3, -0.25) is 9.69 Å². The lowest BCUT2D eigenvalue weighted by atomic mass is 9.80. The molecular weight excluding hydrogens is 320 g/mol. The number of amides is 1. The molecule has 3 saturated heterocycles. The topological polar surface area (TPSA) is 32.8 Å². The Morgan fingerprint density at radius 1 is 1.33 bits per heavy atom. The number of ether oxygens (including phenoxy) is 1. The molecule has 0 aliphatic carbocycles. The Bertz CT molecular complexity index is 570. The summed E-state index contributed by atoms with van der Waals surface area (Å²) < 4.78 is 6.44. The summed E-state index contributed by atoms with van der Waals surface area (Å²) in [5, 5.41) is 2.15. The van der Waals surface area contributed by atoms with Crippen LogP contribution in [0.3, 0.4) is 0 Å². The largest absolute Gasteiger partial charge is 0.362 e. The van der Waals surface area contributed by atoms with Gasteiger partial charge in [-0.15, -0.1) is 11.3 Å². The van der Waals surface area contributed by atoms with Gasteiger partial charge in [-0.25, -0.2) is 0 Å². The molecule has 0 N–H and O–H groups in total. The number of carbonyl (C=O) groups is 1. The van der Waals surface area contributed by atoms with Crippen molar-refractivity contribution in [3.05, 3.63) is 22.4 Å². The summed E-state index contributed by atoms with van der Waals surface area (Å²) in [7, 11) is 0. The van der Waals surface area contributed by atoms with Gasteiger partial charge in [-0.2, -0.15) is 0 Å². The van der Waals surface area contributed by atoms with E-state index in [-0.39, 0.29) is 17.6 Å². The molecule has 5 heteroatoms. The summed E-state index contributed by atoms with van der Waals surface area (Å²) >= 11 is 1.84. The first-order valence-corrected chi connectivity index (χ1v) is 10.3. The Kier molecular flexibility index (Phi) is 4.67. The Morgan fingerprint density at radius 2 is 2.17 bits per heavy atom. The SMILES string of the molecule is C[C@@H]1CN(Cc2cccs2)CC[C@]12CC[C@@H](C(=O)N1CCCC1)O2. The number of likely N-dealkylation sites (tertiary alicyclic amines) is 2. The average molecular weight is 349 g/mol. The number of hydrogen-bond acceptors (Lipinski definition) is 4. The Balaban J connectivity index is 1.35. The van der Waals surface area contributed by atoms with Crippen molar-refractivity contribution in [3.63, 3.8) is 0 Å². The van der Waals surface area contributed by atoms with Gasteiger partial charge in [0.2, 0.25) is 0 Å². The molecule has 0 aromatic carbocycles. The second-order valence-corrected chi connectivity index (χ2v) is 8.74. The van der Waals surface area contributed by atoms with E-state index in [0.29, 0.717) is 5.92 Å². The van der Waals surface area contributed by atoms with Gasteiger partial charge < -0.3 is 9.64 Å². The van der Waals surface area contributed by atoms with Gasteiger partial charge in [0.05, 0.1) is 5.60 Å². The first kappa shape index (κ1) is 16.6. The highest BCUT2D eigenvalue weighted by atomic mass is 32.1. The number of thiophene rings is 1. The molecule has 3 atom stereocenters. The highest BCUT2D eigenvalue weighted by molar-refractivity contribution is 7.09. The average Bonchev–Trinajstić information content (AvgIpc) is 3.32. The number of hydrogen-bond donors (Lipinski definition) is 0. The molecule has 132 valence electrons. The summed E-state index contributed by atoms with van der Waals surface area (Å²) in [5.41, 5.74) is -0.0635. The van der Waals surface area contributed by atoms with E-state index in [2.05, 4.69) is 29.3 Å². The van der Waals surface area contributed by atoms with E-state index in [0.717, 1.165) is 64.8 Å². The maximum Gasteiger partial charge on any atom is 0.251 e. The standard InChI is InChI=1S/C19H28N2O2S/c1-15-13-20(14-16-5-4-12-24-16)11-8-19(15)7-6-17(23-19)18(22)21-9-2-3-10-21/h4-5,12,15,17H,2-3,6-11,13-14H2,1H3/t15-,17+,19-/m1/s1. The number of piperidine rings is 1. The molecule has 24 heavy (non-hydrogen) atoms. The third-order valence-electron chi connectivity index (χ3n) is 6.14. The van der Waals surface area contributed by atoms with E-state index in [1.807, 2.05) is 16.2 Å². The van der Waals surface area contributed by atoms with E-state index in [9.17, 15) is 4.79 Å². The lowest BCUT2D eigenvalue weighted by molar-refractivity contribution is -0.156. The maximum absolute atomic E-state index is 12.6. The molecule has 0 saturated carbocycles. The molecule has 0 bridgehead atoms. The third kappa shape index (κ3) is 3.14. The van der Waals surface area contributed by atoms with Crippen molar-refractivity contribution in [2.45, 2.75) is 57.3 Å². The van der Waals surface area contributed by atoms with E-state index in [1.54, 1.807) is 0 Å². The fourth-order valence-corrected chi connectivity index (χ4v) is 5.39. The molecule has 1 amide bonds. The zero-order valence-electron chi connectivity index (χ0n) is 14.6. The fourth-order valence-electron chi connectivity index (χ4n) is 4.64. The molecule has 4 rings (SSSR count). The monoisotopic (exact) mass is 348 g/mol. The van der Waals surface area contributed by atoms with E-state index >= 15 is 0 Å². The predicted octanol–water partition coefficient (Wildman–Crippen LogP) is 3.13. The van der Waals surface area contributed by atoms with Gasteiger partial charge in [0.25, 0.3) is 5.91 Å². The van der Waals surface area contributed by atoms with Crippen LogP contribution in [0.15, 0.2) is 17.5 Å². The summed E-state index contributed by atoms with van der Waals surface area (Å²) in [5.74, 6) is 0.736. The molecule has 0 radical (unpaired) electrons. The van der Waals surface area contributed by atoms with Crippen molar-refractivity contribution in [1.29, 1.82) is 0 Å². The smallest absolute Gasteiger partial charge is 0.251 e. The maximum atomic E-state index is 12.6. The number of carbonyl (C=O) groups excluding carboxylic acids is 1. The quantitative estimate of drug-likeness (QED) is 0.841. The van der Waals surface area contributed by atoms with Gasteiger partial charge >= 0.3 is 0 Å². The van der Waals surface area contributed by atoms with Crippen LogP contribution in [0.4, 0.5) is 0 Å². The first-order chi connectivity index (χ1) is 11.7. The van der Waals surface area contributed by atoms with Crippen LogP contribution in [0.25, 0.3) is 0 Å². The van der Waals surface area contributed by atoms with Gasteiger partial charge in [-0.05, 0) is 49.5 Å². The van der Waals surface area contributed by atoms with Crippen LogP contribution in [0.5, 0.6) is 0 Å². The number of nitrogens with zero attached hydrogens (tertiary/aromatic N) is 2. The molecule has 3 aliphatic heterocycles. The second-order valence-electron chi connectivity index (χ2n) is 7.71. The lowest BCUT2D eigenvalue weighted by Crippen LogP contribution is -2.51. The van der Waals surface area contributed by atoms with Crippen LogP contribution in [0, 0.1) is 5.92 Å². The Labute approximate surface area is 148 Å². The Morgan fingerprint density at radius 3 is 2.88 bits per heavy atom. The highest BCUT2D eigenvalue weighted by Gasteiger charge is 2.49. The first-order valence-electron chi connectivity index (χ1n) is 9.38. The van der Waals surface area contributed by atoms with Crippen LogP contribution < -0.4 is 0 Å². The van der Waals surface area contributed by atoms with Crippen molar-refractivity contribution in [2.75, 3.05) is 26.2 Å². The molecule has 4 nitrogen and oxygen atoms in total. The van der Waals surface area contributed by atoms with Crippen LogP contribution in [-0.2, 0) is 16.1 Å². The van der Waals surface area contributed by atoms with Crippen molar-refractivity contribution in [1.82, 2.24) is 9.80 Å².